The maximum atomic E-state index is 12.7. The van der Waals surface area contributed by atoms with Gasteiger partial charge in [0.15, 0.2) is 17.6 Å². The number of nitrogen functional groups attached to an aromatic ring is 1. The fourth-order valence-electron chi connectivity index (χ4n) is 2.62. The van der Waals surface area contributed by atoms with Crippen molar-refractivity contribution in [2.45, 2.75) is 13.0 Å². The number of likely N-dealkylation sites (N-methyl/N-ethyl adjacent to an activating group) is 1. The van der Waals surface area contributed by atoms with Gasteiger partial charge in [0, 0.05) is 12.2 Å². The molecular weight excluding hydrogens is 328 g/mol. The topological polar surface area (TPSA) is 64.8 Å². The van der Waals surface area contributed by atoms with Crippen LogP contribution in [0.5, 0.6) is 11.5 Å². The van der Waals surface area contributed by atoms with E-state index >= 15 is 0 Å². The average molecular weight is 349 g/mol. The maximum Gasteiger partial charge on any atom is 0.256 e. The van der Waals surface area contributed by atoms with Crippen molar-refractivity contribution in [1.82, 2.24) is 4.90 Å². The Labute approximate surface area is 147 Å². The quantitative estimate of drug-likeness (QED) is 0.863. The number of halogens is 1. The number of para-hydroxylation sites is 3. The molecule has 128 valence electrons. The first-order chi connectivity index (χ1) is 11.2. The minimum Gasteiger partial charge on any atom is -0.486 e. The van der Waals surface area contributed by atoms with Gasteiger partial charge in [-0.15, -0.1) is 12.4 Å². The third kappa shape index (κ3) is 3.74. The predicted molar refractivity (Wildman–Crippen MR) is 96.0 cm³/mol. The van der Waals surface area contributed by atoms with Crippen molar-refractivity contribution in [3.8, 4) is 11.5 Å². The van der Waals surface area contributed by atoms with E-state index in [2.05, 4.69) is 0 Å². The molecule has 0 fully saturated rings. The second-order valence-corrected chi connectivity index (χ2v) is 5.43. The van der Waals surface area contributed by atoms with E-state index in [9.17, 15) is 4.79 Å². The average Bonchev–Trinajstić information content (AvgIpc) is 2.59. The lowest BCUT2D eigenvalue weighted by Crippen LogP contribution is -2.43. The molecular formula is C18H21ClN2O3. The van der Waals surface area contributed by atoms with Crippen LogP contribution in [0.4, 0.5) is 5.69 Å². The molecule has 2 N–H and O–H groups in total. The maximum absolute atomic E-state index is 12.7. The molecule has 5 nitrogen and oxygen atoms in total. The second-order valence-electron chi connectivity index (χ2n) is 5.43. The molecule has 1 amide bonds. The minimum absolute atomic E-state index is 0. The zero-order chi connectivity index (χ0) is 16.2. The summed E-state index contributed by atoms with van der Waals surface area (Å²) < 4.78 is 11.6. The summed E-state index contributed by atoms with van der Waals surface area (Å²) in [5.74, 6) is 1.37. The SMILES string of the molecule is CCN(CC1COc2ccccc2O1)C(=O)c1ccccc1N.Cl. The molecule has 2 aromatic rings. The number of hydrogen-bond acceptors (Lipinski definition) is 4. The number of rotatable bonds is 4. The van der Waals surface area contributed by atoms with Crippen molar-refractivity contribution in [3.05, 3.63) is 54.1 Å². The van der Waals surface area contributed by atoms with E-state index in [1.807, 2.05) is 43.3 Å². The Morgan fingerprint density at radius 1 is 1.17 bits per heavy atom. The number of benzene rings is 2. The smallest absolute Gasteiger partial charge is 0.256 e. The molecule has 0 bridgehead atoms. The van der Waals surface area contributed by atoms with Crippen LogP contribution in [-0.2, 0) is 0 Å². The van der Waals surface area contributed by atoms with Crippen molar-refractivity contribution < 1.29 is 14.3 Å². The monoisotopic (exact) mass is 348 g/mol. The highest BCUT2D eigenvalue weighted by atomic mass is 35.5. The van der Waals surface area contributed by atoms with Gasteiger partial charge in [-0.2, -0.15) is 0 Å². The summed E-state index contributed by atoms with van der Waals surface area (Å²) in [4.78, 5) is 14.4. The number of carbonyl (C=O) groups excluding carboxylic acids is 1. The molecule has 0 saturated heterocycles. The van der Waals surface area contributed by atoms with Gasteiger partial charge in [-0.05, 0) is 31.2 Å². The first-order valence-electron chi connectivity index (χ1n) is 7.71. The van der Waals surface area contributed by atoms with Crippen molar-refractivity contribution in [1.29, 1.82) is 0 Å². The fourth-order valence-corrected chi connectivity index (χ4v) is 2.62. The van der Waals surface area contributed by atoms with E-state index in [4.69, 9.17) is 15.2 Å². The number of hydrogen-bond donors (Lipinski definition) is 1. The van der Waals surface area contributed by atoms with Gasteiger partial charge < -0.3 is 20.1 Å². The fraction of sp³-hybridized carbons (Fsp3) is 0.278. The zero-order valence-corrected chi connectivity index (χ0v) is 14.3. The molecule has 0 aliphatic carbocycles. The van der Waals surface area contributed by atoms with Gasteiger partial charge in [-0.3, -0.25) is 4.79 Å². The van der Waals surface area contributed by atoms with E-state index in [0.29, 0.717) is 36.7 Å². The molecule has 1 aliphatic heterocycles. The van der Waals surface area contributed by atoms with Crippen LogP contribution < -0.4 is 15.2 Å². The van der Waals surface area contributed by atoms with E-state index in [1.165, 1.54) is 0 Å². The number of ether oxygens (including phenoxy) is 2. The standard InChI is InChI=1S/C18H20N2O3.ClH/c1-2-20(18(21)14-7-3-4-8-15(14)19)11-13-12-22-16-9-5-6-10-17(16)23-13;/h3-10,13H,2,11-12,19H2,1H3;1H. The van der Waals surface area contributed by atoms with E-state index < -0.39 is 0 Å². The van der Waals surface area contributed by atoms with E-state index in [0.717, 1.165) is 5.75 Å². The molecule has 24 heavy (non-hydrogen) atoms. The number of amides is 1. The lowest BCUT2D eigenvalue weighted by molar-refractivity contribution is 0.0475. The Morgan fingerprint density at radius 3 is 2.54 bits per heavy atom. The molecule has 1 aliphatic rings. The Kier molecular flexibility index (Phi) is 5.93. The molecule has 1 heterocycles. The summed E-state index contributed by atoms with van der Waals surface area (Å²) in [5, 5.41) is 0. The van der Waals surface area contributed by atoms with Gasteiger partial charge in [-0.25, -0.2) is 0 Å². The van der Waals surface area contributed by atoms with Crippen LogP contribution in [0.1, 0.15) is 17.3 Å². The Bertz CT molecular complexity index is 708. The predicted octanol–water partition coefficient (Wildman–Crippen LogP) is 2.99. The molecule has 1 atom stereocenters. The van der Waals surface area contributed by atoms with Crippen LogP contribution in [-0.4, -0.2) is 36.6 Å². The number of carbonyl (C=O) groups is 1. The van der Waals surface area contributed by atoms with Gasteiger partial charge in [-0.1, -0.05) is 24.3 Å². The summed E-state index contributed by atoms with van der Waals surface area (Å²) in [6, 6.07) is 14.7. The molecule has 2 aromatic carbocycles. The third-order valence-electron chi connectivity index (χ3n) is 3.85. The Hall–Kier alpha value is -2.40. The number of anilines is 1. The van der Waals surface area contributed by atoms with Gasteiger partial charge in [0.2, 0.25) is 0 Å². The van der Waals surface area contributed by atoms with Crippen molar-refractivity contribution >= 4 is 24.0 Å². The zero-order valence-electron chi connectivity index (χ0n) is 13.5. The van der Waals surface area contributed by atoms with Gasteiger partial charge in [0.25, 0.3) is 5.91 Å². The lowest BCUT2D eigenvalue weighted by Gasteiger charge is -2.31. The minimum atomic E-state index is -0.196. The highest BCUT2D eigenvalue weighted by Crippen LogP contribution is 2.31. The first kappa shape index (κ1) is 17.9. The molecule has 3 rings (SSSR count). The van der Waals surface area contributed by atoms with Crippen molar-refractivity contribution in [3.63, 3.8) is 0 Å². The van der Waals surface area contributed by atoms with E-state index in [1.54, 1.807) is 17.0 Å². The van der Waals surface area contributed by atoms with Crippen LogP contribution >= 0.6 is 12.4 Å². The van der Waals surface area contributed by atoms with Gasteiger partial charge >= 0.3 is 0 Å². The largest absolute Gasteiger partial charge is 0.486 e. The van der Waals surface area contributed by atoms with Crippen LogP contribution in [0, 0.1) is 0 Å². The summed E-state index contributed by atoms with van der Waals surface area (Å²) in [6.07, 6.45) is -0.196. The number of nitrogens with zero attached hydrogens (tertiary/aromatic N) is 1. The van der Waals surface area contributed by atoms with Crippen LogP contribution in [0.3, 0.4) is 0 Å². The van der Waals surface area contributed by atoms with E-state index in [-0.39, 0.29) is 24.4 Å². The van der Waals surface area contributed by atoms with Gasteiger partial charge in [0.1, 0.15) is 6.61 Å². The summed E-state index contributed by atoms with van der Waals surface area (Å²) in [7, 11) is 0. The number of fused-ring (bicyclic) bond motifs is 1. The molecule has 0 spiro atoms. The second kappa shape index (κ2) is 7.93. The molecule has 0 radical (unpaired) electrons. The van der Waals surface area contributed by atoms with Gasteiger partial charge in [0.05, 0.1) is 12.1 Å². The highest BCUT2D eigenvalue weighted by Gasteiger charge is 2.25. The summed E-state index contributed by atoms with van der Waals surface area (Å²) in [5.41, 5.74) is 6.91. The normalized spacial score (nSPS) is 15.3. The summed E-state index contributed by atoms with van der Waals surface area (Å²) in [6.45, 7) is 3.40. The summed E-state index contributed by atoms with van der Waals surface area (Å²) >= 11 is 0. The molecule has 6 heteroatoms. The van der Waals surface area contributed by atoms with Crippen LogP contribution in [0.15, 0.2) is 48.5 Å². The van der Waals surface area contributed by atoms with Crippen molar-refractivity contribution in [2.75, 3.05) is 25.4 Å². The van der Waals surface area contributed by atoms with Crippen LogP contribution in [0.25, 0.3) is 0 Å². The third-order valence-corrected chi connectivity index (χ3v) is 3.85. The molecule has 1 unspecified atom stereocenters. The highest BCUT2D eigenvalue weighted by molar-refractivity contribution is 5.99. The van der Waals surface area contributed by atoms with Crippen molar-refractivity contribution in [2.24, 2.45) is 0 Å². The Balaban J connectivity index is 0.00000208. The Morgan fingerprint density at radius 2 is 1.83 bits per heavy atom. The first-order valence-corrected chi connectivity index (χ1v) is 7.71. The van der Waals surface area contributed by atoms with Crippen LogP contribution in [0.2, 0.25) is 0 Å². The molecule has 0 aromatic heterocycles. The lowest BCUT2D eigenvalue weighted by atomic mass is 10.1. The number of nitrogens with two attached hydrogens (primary N) is 1. The molecule has 0 saturated carbocycles.